The molecule has 0 spiro atoms. The Kier molecular flexibility index (Phi) is 7.55. The van der Waals surface area contributed by atoms with Crippen LogP contribution in [0.3, 0.4) is 0 Å². The molecule has 4 nitrogen and oxygen atoms in total. The minimum absolute atomic E-state index is 0.0569. The van der Waals surface area contributed by atoms with Gasteiger partial charge in [0.05, 0.1) is 0 Å². The number of carbonyl (C=O) groups is 2. The van der Waals surface area contributed by atoms with Gasteiger partial charge in [-0.1, -0.05) is 86.0 Å². The molecule has 0 aliphatic heterocycles. The van der Waals surface area contributed by atoms with Crippen molar-refractivity contribution in [3.8, 4) is 0 Å². The predicted molar refractivity (Wildman–Crippen MR) is 130 cm³/mol. The van der Waals surface area contributed by atoms with Crippen molar-refractivity contribution in [1.29, 1.82) is 0 Å². The summed E-state index contributed by atoms with van der Waals surface area (Å²) >= 11 is 0. The van der Waals surface area contributed by atoms with Gasteiger partial charge in [-0.15, -0.1) is 0 Å². The van der Waals surface area contributed by atoms with Crippen LogP contribution < -0.4 is 10.6 Å². The first-order valence-corrected chi connectivity index (χ1v) is 11.8. The molecule has 0 aromatic heterocycles. The lowest BCUT2D eigenvalue weighted by atomic mass is 9.83. The van der Waals surface area contributed by atoms with Gasteiger partial charge in [-0.05, 0) is 54.0 Å². The molecule has 1 atom stereocenters. The van der Waals surface area contributed by atoms with Gasteiger partial charge in [-0.2, -0.15) is 0 Å². The third kappa shape index (κ3) is 5.56. The van der Waals surface area contributed by atoms with Gasteiger partial charge in [0.2, 0.25) is 5.91 Å². The number of aryl methyl sites for hydroxylation is 1. The molecule has 4 heteroatoms. The molecular formula is C28H32N2O2. The molecule has 3 aromatic rings. The van der Waals surface area contributed by atoms with Gasteiger partial charge in [-0.25, -0.2) is 0 Å². The Morgan fingerprint density at radius 3 is 2.38 bits per heavy atom. The Morgan fingerprint density at radius 2 is 1.56 bits per heavy atom. The zero-order valence-electron chi connectivity index (χ0n) is 18.6. The Labute approximate surface area is 190 Å². The standard InChI is InChI=1S/C28H32N2O2/c31-27(25-19-9-17-22-14-7-8-18-24(22)25)30-26(23-15-5-2-6-16-23)28(32)29-20-10-13-21-11-3-1-4-12-21/h1,3-4,7-9,11-12,14,17-19,23,26H,2,5-6,10,13,15-16,20H2,(H,29,32)(H,30,31). The maximum absolute atomic E-state index is 13.2. The summed E-state index contributed by atoms with van der Waals surface area (Å²) in [5.74, 6) is -0.0350. The van der Waals surface area contributed by atoms with Crippen LogP contribution in [0.2, 0.25) is 0 Å². The van der Waals surface area contributed by atoms with Gasteiger partial charge >= 0.3 is 0 Å². The molecule has 0 heterocycles. The number of carbonyl (C=O) groups excluding carboxylic acids is 2. The molecular weight excluding hydrogens is 396 g/mol. The molecule has 3 aromatic carbocycles. The van der Waals surface area contributed by atoms with Crippen molar-refractivity contribution in [3.63, 3.8) is 0 Å². The molecule has 166 valence electrons. The SMILES string of the molecule is O=C(NC(C(=O)NCCCc1ccccc1)C1CCCCC1)c1cccc2ccccc12. The van der Waals surface area contributed by atoms with Gasteiger partial charge in [-0.3, -0.25) is 9.59 Å². The maximum atomic E-state index is 13.2. The highest BCUT2D eigenvalue weighted by atomic mass is 16.2. The molecule has 1 fully saturated rings. The van der Waals surface area contributed by atoms with E-state index in [1.54, 1.807) is 0 Å². The first-order valence-electron chi connectivity index (χ1n) is 11.8. The number of fused-ring (bicyclic) bond motifs is 1. The zero-order valence-corrected chi connectivity index (χ0v) is 18.6. The van der Waals surface area contributed by atoms with Crippen LogP contribution in [0.25, 0.3) is 10.8 Å². The summed E-state index contributed by atoms with van der Waals surface area (Å²) in [6, 6.07) is 23.4. The van der Waals surface area contributed by atoms with E-state index in [1.807, 2.05) is 60.7 Å². The fourth-order valence-electron chi connectivity index (χ4n) is 4.77. The molecule has 4 rings (SSSR count). The van der Waals surface area contributed by atoms with E-state index in [1.165, 1.54) is 12.0 Å². The number of hydrogen-bond acceptors (Lipinski definition) is 2. The highest BCUT2D eigenvalue weighted by Gasteiger charge is 2.31. The normalized spacial score (nSPS) is 15.2. The van der Waals surface area contributed by atoms with Crippen LogP contribution in [0.4, 0.5) is 0 Å². The van der Waals surface area contributed by atoms with Gasteiger partial charge in [0.25, 0.3) is 5.91 Å². The summed E-state index contributed by atoms with van der Waals surface area (Å²) in [7, 11) is 0. The van der Waals surface area contributed by atoms with E-state index in [0.717, 1.165) is 49.3 Å². The second-order valence-corrected chi connectivity index (χ2v) is 8.76. The number of benzene rings is 3. The highest BCUT2D eigenvalue weighted by Crippen LogP contribution is 2.27. The average molecular weight is 429 g/mol. The number of hydrogen-bond donors (Lipinski definition) is 2. The van der Waals surface area contributed by atoms with Crippen molar-refractivity contribution in [2.45, 2.75) is 51.0 Å². The third-order valence-corrected chi connectivity index (χ3v) is 6.51. The lowest BCUT2D eigenvalue weighted by Gasteiger charge is -2.30. The summed E-state index contributed by atoms with van der Waals surface area (Å²) in [6.07, 6.45) is 7.22. The van der Waals surface area contributed by atoms with E-state index in [-0.39, 0.29) is 17.7 Å². The van der Waals surface area contributed by atoms with Crippen LogP contribution in [0, 0.1) is 5.92 Å². The number of amides is 2. The van der Waals surface area contributed by atoms with Crippen LogP contribution in [0.15, 0.2) is 72.8 Å². The first-order chi connectivity index (χ1) is 15.7. The Bertz CT molecular complexity index is 1040. The molecule has 32 heavy (non-hydrogen) atoms. The second-order valence-electron chi connectivity index (χ2n) is 8.76. The molecule has 1 saturated carbocycles. The van der Waals surface area contributed by atoms with Crippen molar-refractivity contribution in [1.82, 2.24) is 10.6 Å². The molecule has 2 N–H and O–H groups in total. The molecule has 1 aliphatic carbocycles. The lowest BCUT2D eigenvalue weighted by molar-refractivity contribution is -0.124. The van der Waals surface area contributed by atoms with E-state index in [2.05, 4.69) is 22.8 Å². The fourth-order valence-corrected chi connectivity index (χ4v) is 4.77. The maximum Gasteiger partial charge on any atom is 0.252 e. The van der Waals surface area contributed by atoms with Gasteiger partial charge < -0.3 is 10.6 Å². The smallest absolute Gasteiger partial charge is 0.252 e. The minimum atomic E-state index is -0.488. The van der Waals surface area contributed by atoms with Crippen LogP contribution >= 0.6 is 0 Å². The van der Waals surface area contributed by atoms with Gasteiger partial charge in [0, 0.05) is 12.1 Å². The van der Waals surface area contributed by atoms with Crippen molar-refractivity contribution in [2.24, 2.45) is 5.92 Å². The van der Waals surface area contributed by atoms with Crippen molar-refractivity contribution >= 4 is 22.6 Å². The zero-order chi connectivity index (χ0) is 22.2. The summed E-state index contributed by atoms with van der Waals surface area (Å²) in [5, 5.41) is 8.14. The second kappa shape index (κ2) is 10.9. The summed E-state index contributed by atoms with van der Waals surface area (Å²) in [5.41, 5.74) is 1.90. The predicted octanol–water partition coefficient (Wildman–Crippen LogP) is 5.27. The van der Waals surface area contributed by atoms with Crippen molar-refractivity contribution < 1.29 is 9.59 Å². The molecule has 1 aliphatic rings. The van der Waals surface area contributed by atoms with Crippen LogP contribution in [-0.2, 0) is 11.2 Å². The lowest BCUT2D eigenvalue weighted by Crippen LogP contribution is -2.51. The van der Waals surface area contributed by atoms with E-state index in [9.17, 15) is 9.59 Å². The topological polar surface area (TPSA) is 58.2 Å². The summed E-state index contributed by atoms with van der Waals surface area (Å²) < 4.78 is 0. The van der Waals surface area contributed by atoms with Crippen LogP contribution in [-0.4, -0.2) is 24.4 Å². The molecule has 1 unspecified atom stereocenters. The Hall–Kier alpha value is -3.14. The van der Waals surface area contributed by atoms with Gasteiger partial charge in [0.1, 0.15) is 6.04 Å². The van der Waals surface area contributed by atoms with E-state index < -0.39 is 6.04 Å². The highest BCUT2D eigenvalue weighted by molar-refractivity contribution is 6.08. The van der Waals surface area contributed by atoms with Crippen molar-refractivity contribution in [3.05, 3.63) is 83.9 Å². The number of nitrogens with one attached hydrogen (secondary N) is 2. The molecule has 0 radical (unpaired) electrons. The monoisotopic (exact) mass is 428 g/mol. The molecule has 0 saturated heterocycles. The quantitative estimate of drug-likeness (QED) is 0.480. The minimum Gasteiger partial charge on any atom is -0.354 e. The molecule has 2 amide bonds. The third-order valence-electron chi connectivity index (χ3n) is 6.51. The average Bonchev–Trinajstić information content (AvgIpc) is 2.85. The largest absolute Gasteiger partial charge is 0.354 e. The van der Waals surface area contributed by atoms with E-state index in [4.69, 9.17) is 0 Å². The van der Waals surface area contributed by atoms with Crippen LogP contribution in [0.5, 0.6) is 0 Å². The van der Waals surface area contributed by atoms with E-state index in [0.29, 0.717) is 12.1 Å². The Morgan fingerprint density at radius 1 is 0.844 bits per heavy atom. The van der Waals surface area contributed by atoms with E-state index >= 15 is 0 Å². The summed E-state index contributed by atoms with van der Waals surface area (Å²) in [4.78, 5) is 26.4. The van der Waals surface area contributed by atoms with Gasteiger partial charge in [0.15, 0.2) is 0 Å². The number of rotatable bonds is 8. The first kappa shape index (κ1) is 22.1. The van der Waals surface area contributed by atoms with Crippen LogP contribution in [0.1, 0.15) is 54.4 Å². The molecule has 0 bridgehead atoms. The summed E-state index contributed by atoms with van der Waals surface area (Å²) in [6.45, 7) is 0.612. The Balaban J connectivity index is 1.42. The van der Waals surface area contributed by atoms with Crippen molar-refractivity contribution in [2.75, 3.05) is 6.54 Å². The fraction of sp³-hybridized carbons (Fsp3) is 0.357.